The van der Waals surface area contributed by atoms with Crippen LogP contribution >= 0.6 is 0 Å². The Labute approximate surface area is 138 Å². The summed E-state index contributed by atoms with van der Waals surface area (Å²) in [6.07, 6.45) is 3.90. The first-order valence-corrected chi connectivity index (χ1v) is 8.43. The van der Waals surface area contributed by atoms with Crippen molar-refractivity contribution in [2.24, 2.45) is 4.99 Å². The van der Waals surface area contributed by atoms with Crippen LogP contribution in [0.1, 0.15) is 57.7 Å². The highest BCUT2D eigenvalue weighted by molar-refractivity contribution is 5.79. The van der Waals surface area contributed by atoms with Gasteiger partial charge in [-0.25, -0.2) is 0 Å². The Hall–Kier alpha value is -1.63. The number of nitrogens with one attached hydrogen (secondary N) is 2. The molecular formula is C16H29N5O2. The fourth-order valence-electron chi connectivity index (χ4n) is 2.52. The molecule has 1 fully saturated rings. The smallest absolute Gasteiger partial charge is 0.226 e. The Kier molecular flexibility index (Phi) is 6.38. The van der Waals surface area contributed by atoms with Crippen molar-refractivity contribution >= 4 is 5.96 Å². The Morgan fingerprint density at radius 1 is 1.39 bits per heavy atom. The van der Waals surface area contributed by atoms with E-state index in [1.54, 1.807) is 7.05 Å². The largest absolute Gasteiger partial charge is 0.373 e. The molecule has 1 unspecified atom stereocenters. The van der Waals surface area contributed by atoms with Gasteiger partial charge in [0.2, 0.25) is 5.89 Å². The van der Waals surface area contributed by atoms with Gasteiger partial charge in [-0.1, -0.05) is 19.0 Å². The third kappa shape index (κ3) is 5.49. The molecule has 1 aromatic heterocycles. The molecule has 130 valence electrons. The Balaban J connectivity index is 1.65. The standard InChI is InChI=1S/C16H29N5O2/c1-12(2)14-20-13(23-21-14)7-5-9-18-15(17-4)19-11-16(3)8-6-10-22-16/h12H,5-11H2,1-4H3,(H2,17,18,19). The average molecular weight is 323 g/mol. The van der Waals surface area contributed by atoms with Gasteiger partial charge < -0.3 is 19.9 Å². The third-order valence-electron chi connectivity index (χ3n) is 4.01. The van der Waals surface area contributed by atoms with Crippen LogP contribution in [0.15, 0.2) is 9.52 Å². The molecule has 1 aliphatic rings. The summed E-state index contributed by atoms with van der Waals surface area (Å²) < 4.78 is 11.0. The first-order valence-electron chi connectivity index (χ1n) is 8.43. The van der Waals surface area contributed by atoms with Crippen molar-refractivity contribution in [2.75, 3.05) is 26.7 Å². The number of ether oxygens (including phenoxy) is 1. The second-order valence-corrected chi connectivity index (χ2v) is 6.56. The number of guanidine groups is 1. The molecule has 0 saturated carbocycles. The summed E-state index contributed by atoms with van der Waals surface area (Å²) in [5, 5.41) is 10.6. The number of aromatic nitrogens is 2. The number of nitrogens with zero attached hydrogens (tertiary/aromatic N) is 3. The predicted octanol–water partition coefficient (Wildman–Crippen LogP) is 1.86. The molecule has 2 heterocycles. The van der Waals surface area contributed by atoms with E-state index in [-0.39, 0.29) is 5.60 Å². The molecule has 1 saturated heterocycles. The number of hydrogen-bond donors (Lipinski definition) is 2. The molecule has 7 nitrogen and oxygen atoms in total. The van der Waals surface area contributed by atoms with Gasteiger partial charge in [0.15, 0.2) is 11.8 Å². The van der Waals surface area contributed by atoms with Crippen LogP contribution in [0.2, 0.25) is 0 Å². The van der Waals surface area contributed by atoms with Crippen molar-refractivity contribution in [2.45, 2.75) is 58.0 Å². The third-order valence-corrected chi connectivity index (χ3v) is 4.01. The van der Waals surface area contributed by atoms with E-state index in [0.29, 0.717) is 11.8 Å². The summed E-state index contributed by atoms with van der Waals surface area (Å²) in [5.74, 6) is 2.57. The lowest BCUT2D eigenvalue weighted by Gasteiger charge is -2.24. The molecule has 1 atom stereocenters. The van der Waals surface area contributed by atoms with Gasteiger partial charge >= 0.3 is 0 Å². The van der Waals surface area contributed by atoms with E-state index in [0.717, 1.165) is 57.2 Å². The maximum Gasteiger partial charge on any atom is 0.226 e. The molecule has 0 aliphatic carbocycles. The van der Waals surface area contributed by atoms with Gasteiger partial charge in [-0.15, -0.1) is 0 Å². The van der Waals surface area contributed by atoms with Gasteiger partial charge in [0.05, 0.1) is 5.60 Å². The highest BCUT2D eigenvalue weighted by atomic mass is 16.5. The highest BCUT2D eigenvalue weighted by Gasteiger charge is 2.29. The lowest BCUT2D eigenvalue weighted by atomic mass is 10.0. The Morgan fingerprint density at radius 2 is 2.22 bits per heavy atom. The number of aryl methyl sites for hydroxylation is 1. The van der Waals surface area contributed by atoms with E-state index in [9.17, 15) is 0 Å². The van der Waals surface area contributed by atoms with Crippen molar-refractivity contribution in [1.82, 2.24) is 20.8 Å². The normalized spacial score (nSPS) is 21.9. The maximum atomic E-state index is 5.77. The summed E-state index contributed by atoms with van der Waals surface area (Å²) in [5.41, 5.74) is -0.0748. The van der Waals surface area contributed by atoms with Crippen LogP contribution in [-0.4, -0.2) is 48.4 Å². The first kappa shape index (κ1) is 17.7. The van der Waals surface area contributed by atoms with Gasteiger partial charge in [-0.05, 0) is 26.2 Å². The van der Waals surface area contributed by atoms with Crippen LogP contribution in [0.3, 0.4) is 0 Å². The summed E-state index contributed by atoms with van der Waals surface area (Å²) >= 11 is 0. The van der Waals surface area contributed by atoms with Gasteiger partial charge in [0.25, 0.3) is 0 Å². The monoisotopic (exact) mass is 323 g/mol. The van der Waals surface area contributed by atoms with E-state index in [1.807, 2.05) is 0 Å². The van der Waals surface area contributed by atoms with E-state index in [1.165, 1.54) is 0 Å². The van der Waals surface area contributed by atoms with Crippen molar-refractivity contribution in [3.05, 3.63) is 11.7 Å². The quantitative estimate of drug-likeness (QED) is 0.453. The minimum Gasteiger partial charge on any atom is -0.373 e. The number of aliphatic imine (C=N–C) groups is 1. The molecular weight excluding hydrogens is 294 g/mol. The number of hydrogen-bond acceptors (Lipinski definition) is 5. The average Bonchev–Trinajstić information content (AvgIpc) is 3.16. The zero-order valence-corrected chi connectivity index (χ0v) is 14.7. The van der Waals surface area contributed by atoms with Crippen LogP contribution in [-0.2, 0) is 11.2 Å². The van der Waals surface area contributed by atoms with E-state index in [4.69, 9.17) is 9.26 Å². The molecule has 1 aliphatic heterocycles. The zero-order valence-electron chi connectivity index (χ0n) is 14.7. The Morgan fingerprint density at radius 3 is 2.83 bits per heavy atom. The molecule has 1 aromatic rings. The van der Waals surface area contributed by atoms with Crippen molar-refractivity contribution < 1.29 is 9.26 Å². The minimum atomic E-state index is -0.0748. The minimum absolute atomic E-state index is 0.0748. The molecule has 23 heavy (non-hydrogen) atoms. The van der Waals surface area contributed by atoms with Crippen LogP contribution in [0.5, 0.6) is 0 Å². The fourth-order valence-corrected chi connectivity index (χ4v) is 2.52. The number of rotatable bonds is 7. The molecule has 2 rings (SSSR count). The molecule has 0 amide bonds. The van der Waals surface area contributed by atoms with Crippen LogP contribution in [0.4, 0.5) is 0 Å². The van der Waals surface area contributed by atoms with E-state index >= 15 is 0 Å². The SMILES string of the molecule is CN=C(NCCCc1nc(C(C)C)no1)NCC1(C)CCCO1. The maximum absolute atomic E-state index is 5.77. The summed E-state index contributed by atoms with van der Waals surface area (Å²) in [6, 6.07) is 0. The molecule has 0 spiro atoms. The van der Waals surface area contributed by atoms with E-state index < -0.39 is 0 Å². The molecule has 7 heteroatoms. The predicted molar refractivity (Wildman–Crippen MR) is 89.7 cm³/mol. The molecule has 2 N–H and O–H groups in total. The summed E-state index contributed by atoms with van der Waals surface area (Å²) in [4.78, 5) is 8.62. The van der Waals surface area contributed by atoms with Gasteiger partial charge in [0.1, 0.15) is 0 Å². The second-order valence-electron chi connectivity index (χ2n) is 6.56. The fraction of sp³-hybridized carbons (Fsp3) is 0.812. The van der Waals surface area contributed by atoms with Crippen LogP contribution < -0.4 is 10.6 Å². The second kappa shape index (κ2) is 8.29. The first-order chi connectivity index (χ1) is 11.0. The van der Waals surface area contributed by atoms with Crippen LogP contribution in [0, 0.1) is 0 Å². The lowest BCUT2D eigenvalue weighted by Crippen LogP contribution is -2.45. The van der Waals surface area contributed by atoms with Crippen LogP contribution in [0.25, 0.3) is 0 Å². The van der Waals surface area contributed by atoms with Gasteiger partial charge in [-0.3, -0.25) is 4.99 Å². The molecule has 0 aromatic carbocycles. The Bertz CT molecular complexity index is 506. The van der Waals surface area contributed by atoms with Crippen molar-refractivity contribution in [1.29, 1.82) is 0 Å². The topological polar surface area (TPSA) is 84.6 Å². The zero-order chi connectivity index (χ0) is 16.7. The lowest BCUT2D eigenvalue weighted by molar-refractivity contribution is 0.0243. The molecule has 0 bridgehead atoms. The van der Waals surface area contributed by atoms with Crippen molar-refractivity contribution in [3.8, 4) is 0 Å². The van der Waals surface area contributed by atoms with Gasteiger partial charge in [-0.2, -0.15) is 4.98 Å². The van der Waals surface area contributed by atoms with Gasteiger partial charge in [0, 0.05) is 39.1 Å². The summed E-state index contributed by atoms with van der Waals surface area (Å²) in [6.45, 7) is 8.68. The van der Waals surface area contributed by atoms with Crippen molar-refractivity contribution in [3.63, 3.8) is 0 Å². The van der Waals surface area contributed by atoms with E-state index in [2.05, 4.69) is 46.5 Å². The summed E-state index contributed by atoms with van der Waals surface area (Å²) in [7, 11) is 1.78. The molecule has 0 radical (unpaired) electrons. The highest BCUT2D eigenvalue weighted by Crippen LogP contribution is 2.23.